The number of thioether (sulfide) groups is 1. The van der Waals surface area contributed by atoms with Crippen molar-refractivity contribution in [1.29, 1.82) is 0 Å². The third-order valence-electron chi connectivity index (χ3n) is 3.18. The zero-order chi connectivity index (χ0) is 18.4. The fourth-order valence-electron chi connectivity index (χ4n) is 1.89. The largest absolute Gasteiger partial charge is 0.416 e. The van der Waals surface area contributed by atoms with Crippen LogP contribution in [0.2, 0.25) is 0 Å². The van der Waals surface area contributed by atoms with E-state index in [0.717, 1.165) is 23.9 Å². The molecule has 2 N–H and O–H groups in total. The van der Waals surface area contributed by atoms with Gasteiger partial charge in [-0.25, -0.2) is 0 Å². The van der Waals surface area contributed by atoms with Crippen molar-refractivity contribution in [3.05, 3.63) is 65.7 Å². The van der Waals surface area contributed by atoms with E-state index in [4.69, 9.17) is 0 Å². The van der Waals surface area contributed by atoms with Crippen molar-refractivity contribution < 1.29 is 22.8 Å². The van der Waals surface area contributed by atoms with Gasteiger partial charge in [-0.1, -0.05) is 24.3 Å². The SMILES string of the molecule is C[C@H](Sc1cccc(C(F)(F)F)c1)C(=O)NNC(=O)c1ccccc1. The van der Waals surface area contributed by atoms with Crippen LogP contribution in [0.3, 0.4) is 0 Å². The number of alkyl halides is 3. The molecule has 0 saturated heterocycles. The second-order valence-electron chi connectivity index (χ2n) is 5.10. The molecule has 0 radical (unpaired) electrons. The Hall–Kier alpha value is -2.48. The quantitative estimate of drug-likeness (QED) is 0.640. The number of hydrogen-bond acceptors (Lipinski definition) is 3. The van der Waals surface area contributed by atoms with Gasteiger partial charge in [-0.3, -0.25) is 20.4 Å². The first kappa shape index (κ1) is 18.9. The van der Waals surface area contributed by atoms with Gasteiger partial charge >= 0.3 is 6.18 Å². The van der Waals surface area contributed by atoms with Crippen LogP contribution in [0.4, 0.5) is 13.2 Å². The van der Waals surface area contributed by atoms with Gasteiger partial charge in [0, 0.05) is 10.5 Å². The Morgan fingerprint density at radius 2 is 1.68 bits per heavy atom. The van der Waals surface area contributed by atoms with Crippen LogP contribution in [0.15, 0.2) is 59.5 Å². The van der Waals surface area contributed by atoms with Gasteiger partial charge in [-0.15, -0.1) is 11.8 Å². The van der Waals surface area contributed by atoms with Gasteiger partial charge in [0.05, 0.1) is 10.8 Å². The van der Waals surface area contributed by atoms with Crippen LogP contribution in [-0.4, -0.2) is 17.1 Å². The van der Waals surface area contributed by atoms with Crippen molar-refractivity contribution in [2.75, 3.05) is 0 Å². The van der Waals surface area contributed by atoms with E-state index in [1.54, 1.807) is 30.3 Å². The standard InChI is InChI=1S/C17H15F3N2O2S/c1-11(25-14-9-5-8-13(10-14)17(18,19)20)15(23)21-22-16(24)12-6-3-2-4-7-12/h2-11H,1H3,(H,21,23)(H,22,24)/t11-/m0/s1. The first-order valence-corrected chi connectivity index (χ1v) is 8.14. The van der Waals surface area contributed by atoms with Gasteiger partial charge in [-0.05, 0) is 37.3 Å². The monoisotopic (exact) mass is 368 g/mol. The van der Waals surface area contributed by atoms with Gasteiger partial charge in [0.15, 0.2) is 0 Å². The molecule has 0 aliphatic carbocycles. The molecular formula is C17H15F3N2O2S. The summed E-state index contributed by atoms with van der Waals surface area (Å²) in [5.74, 6) is -1.00. The molecule has 2 aromatic carbocycles. The average molecular weight is 368 g/mol. The van der Waals surface area contributed by atoms with Gasteiger partial charge in [0.25, 0.3) is 11.8 Å². The first-order valence-electron chi connectivity index (χ1n) is 7.26. The maximum atomic E-state index is 12.7. The summed E-state index contributed by atoms with van der Waals surface area (Å²) in [7, 11) is 0. The summed E-state index contributed by atoms with van der Waals surface area (Å²) >= 11 is 0.966. The highest BCUT2D eigenvalue weighted by atomic mass is 32.2. The maximum Gasteiger partial charge on any atom is 0.416 e. The Balaban J connectivity index is 1.91. The van der Waals surface area contributed by atoms with Crippen molar-refractivity contribution in [2.24, 2.45) is 0 Å². The third-order valence-corrected chi connectivity index (χ3v) is 4.27. The molecule has 0 spiro atoms. The number of hydrazine groups is 1. The first-order chi connectivity index (χ1) is 11.8. The van der Waals surface area contributed by atoms with Crippen LogP contribution in [-0.2, 0) is 11.0 Å². The predicted molar refractivity (Wildman–Crippen MR) is 88.8 cm³/mol. The zero-order valence-corrected chi connectivity index (χ0v) is 13.9. The van der Waals surface area contributed by atoms with Crippen LogP contribution >= 0.6 is 11.8 Å². The van der Waals surface area contributed by atoms with Gasteiger partial charge in [0.1, 0.15) is 0 Å². The van der Waals surface area contributed by atoms with Crippen LogP contribution < -0.4 is 10.9 Å². The van der Waals surface area contributed by atoms with Crippen LogP contribution in [0.5, 0.6) is 0 Å². The number of carbonyl (C=O) groups is 2. The lowest BCUT2D eigenvalue weighted by atomic mass is 10.2. The number of carbonyl (C=O) groups excluding carboxylic acids is 2. The summed E-state index contributed by atoms with van der Waals surface area (Å²) in [6.45, 7) is 1.54. The molecule has 0 aliphatic rings. The van der Waals surface area contributed by atoms with Crippen molar-refractivity contribution in [3.8, 4) is 0 Å². The third kappa shape index (κ3) is 5.53. The van der Waals surface area contributed by atoms with E-state index in [9.17, 15) is 22.8 Å². The van der Waals surface area contributed by atoms with Crippen molar-refractivity contribution in [3.63, 3.8) is 0 Å². The van der Waals surface area contributed by atoms with Crippen molar-refractivity contribution in [1.82, 2.24) is 10.9 Å². The summed E-state index contributed by atoms with van der Waals surface area (Å²) in [6, 6.07) is 13.0. The minimum Gasteiger partial charge on any atom is -0.272 e. The second-order valence-corrected chi connectivity index (χ2v) is 6.51. The molecule has 0 bridgehead atoms. The van der Waals surface area contributed by atoms with Crippen molar-refractivity contribution >= 4 is 23.6 Å². The van der Waals surface area contributed by atoms with E-state index in [2.05, 4.69) is 10.9 Å². The Morgan fingerprint density at radius 3 is 2.32 bits per heavy atom. The topological polar surface area (TPSA) is 58.2 Å². The molecule has 132 valence electrons. The zero-order valence-electron chi connectivity index (χ0n) is 13.1. The Morgan fingerprint density at radius 1 is 1.00 bits per heavy atom. The van der Waals surface area contributed by atoms with Crippen molar-refractivity contribution in [2.45, 2.75) is 23.2 Å². The highest BCUT2D eigenvalue weighted by molar-refractivity contribution is 8.00. The minimum atomic E-state index is -4.44. The molecular weight excluding hydrogens is 353 g/mol. The molecule has 1 atom stereocenters. The fourth-order valence-corrected chi connectivity index (χ4v) is 2.81. The molecule has 2 rings (SSSR count). The number of halogens is 3. The van der Waals surface area contributed by atoms with Crippen LogP contribution in [0.1, 0.15) is 22.8 Å². The number of nitrogens with one attached hydrogen (secondary N) is 2. The average Bonchev–Trinajstić information content (AvgIpc) is 2.59. The van der Waals surface area contributed by atoms with Gasteiger partial charge in [0.2, 0.25) is 0 Å². The van der Waals surface area contributed by atoms with E-state index in [-0.39, 0.29) is 0 Å². The fraction of sp³-hybridized carbons (Fsp3) is 0.176. The number of hydrogen-bond donors (Lipinski definition) is 2. The molecule has 0 unspecified atom stereocenters. The van der Waals surface area contributed by atoms with E-state index >= 15 is 0 Å². The van der Waals surface area contributed by atoms with Crippen LogP contribution in [0, 0.1) is 0 Å². The molecule has 8 heteroatoms. The number of amides is 2. The van der Waals surface area contributed by atoms with E-state index in [1.807, 2.05) is 0 Å². The maximum absolute atomic E-state index is 12.7. The summed E-state index contributed by atoms with van der Waals surface area (Å²) in [5.41, 5.74) is 4.13. The molecule has 0 aliphatic heterocycles. The van der Waals surface area contributed by atoms with Gasteiger partial charge < -0.3 is 0 Å². The molecule has 0 aromatic heterocycles. The van der Waals surface area contributed by atoms with E-state index in [0.29, 0.717) is 10.5 Å². The predicted octanol–water partition coefficient (Wildman–Crippen LogP) is 3.65. The Kier molecular flexibility index (Phi) is 6.08. The van der Waals surface area contributed by atoms with E-state index in [1.165, 1.54) is 19.1 Å². The second kappa shape index (κ2) is 8.06. The summed E-state index contributed by atoms with van der Waals surface area (Å²) < 4.78 is 38.1. The molecule has 0 saturated carbocycles. The molecule has 4 nitrogen and oxygen atoms in total. The Labute approximate surface area is 146 Å². The minimum absolute atomic E-state index is 0.312. The number of rotatable bonds is 4. The van der Waals surface area contributed by atoms with Crippen LogP contribution in [0.25, 0.3) is 0 Å². The molecule has 0 fully saturated rings. The highest BCUT2D eigenvalue weighted by Crippen LogP contribution is 2.32. The lowest BCUT2D eigenvalue weighted by molar-refractivity contribution is -0.137. The molecule has 2 aromatic rings. The summed E-state index contributed by atoms with van der Waals surface area (Å²) in [4.78, 5) is 24.1. The lowest BCUT2D eigenvalue weighted by Gasteiger charge is -2.14. The number of benzene rings is 2. The smallest absolute Gasteiger partial charge is 0.272 e. The summed E-state index contributed by atoms with van der Waals surface area (Å²) in [6.07, 6.45) is -4.44. The Bertz CT molecular complexity index is 751. The molecule has 0 heterocycles. The lowest BCUT2D eigenvalue weighted by Crippen LogP contribution is -2.44. The summed E-state index contributed by atoms with van der Waals surface area (Å²) in [5, 5.41) is -0.695. The highest BCUT2D eigenvalue weighted by Gasteiger charge is 2.30. The normalized spacial score (nSPS) is 12.3. The van der Waals surface area contributed by atoms with E-state index < -0.39 is 28.8 Å². The van der Waals surface area contributed by atoms with Gasteiger partial charge in [-0.2, -0.15) is 13.2 Å². The molecule has 2 amide bonds. The molecule has 25 heavy (non-hydrogen) atoms.